The van der Waals surface area contributed by atoms with Crippen molar-refractivity contribution in [1.82, 2.24) is 9.97 Å². The molecular weight excluding hydrogens is 441 g/mol. The summed E-state index contributed by atoms with van der Waals surface area (Å²) in [5.74, 6) is -7.08. The van der Waals surface area contributed by atoms with Crippen molar-refractivity contribution in [1.29, 1.82) is 0 Å². The van der Waals surface area contributed by atoms with Crippen molar-refractivity contribution in [3.63, 3.8) is 0 Å². The number of rotatable bonds is 5. The van der Waals surface area contributed by atoms with Crippen molar-refractivity contribution in [2.24, 2.45) is 5.92 Å². The third-order valence-corrected chi connectivity index (χ3v) is 5.67. The molecule has 32 heavy (non-hydrogen) atoms. The molecule has 3 rings (SSSR count). The fourth-order valence-electron chi connectivity index (χ4n) is 3.78. The Morgan fingerprint density at radius 1 is 1.31 bits per heavy atom. The number of ether oxygens (including phenoxy) is 2. The van der Waals surface area contributed by atoms with E-state index in [-0.39, 0.29) is 17.2 Å². The summed E-state index contributed by atoms with van der Waals surface area (Å²) in [5.41, 5.74) is -2.91. The van der Waals surface area contributed by atoms with Crippen LogP contribution in [0.3, 0.4) is 0 Å². The van der Waals surface area contributed by atoms with Crippen LogP contribution in [0.1, 0.15) is 31.2 Å². The van der Waals surface area contributed by atoms with E-state index >= 15 is 0 Å². The van der Waals surface area contributed by atoms with Gasteiger partial charge < -0.3 is 19.9 Å². The summed E-state index contributed by atoms with van der Waals surface area (Å²) in [6.45, 7) is 1.47. The van der Waals surface area contributed by atoms with Crippen LogP contribution in [0.25, 0.3) is 0 Å². The number of carbonyl (C=O) groups is 1. The van der Waals surface area contributed by atoms with E-state index in [9.17, 15) is 26.7 Å². The predicted molar refractivity (Wildman–Crippen MR) is 101 cm³/mol. The van der Waals surface area contributed by atoms with Gasteiger partial charge in [-0.1, -0.05) is 13.0 Å². The number of hydrogen-bond donors (Lipinski definition) is 2. The lowest BCUT2D eigenvalue weighted by atomic mass is 9.77. The van der Waals surface area contributed by atoms with Crippen molar-refractivity contribution in [2.75, 3.05) is 12.4 Å². The highest BCUT2D eigenvalue weighted by Crippen LogP contribution is 2.54. The molecule has 1 aliphatic rings. The Morgan fingerprint density at radius 2 is 2.00 bits per heavy atom. The molecule has 0 unspecified atom stereocenters. The van der Waals surface area contributed by atoms with Gasteiger partial charge in [-0.2, -0.15) is 17.6 Å². The number of hydrogen-bond acceptors (Lipinski definition) is 6. The van der Waals surface area contributed by atoms with Gasteiger partial charge in [-0.25, -0.2) is 14.4 Å². The molecule has 1 fully saturated rings. The van der Waals surface area contributed by atoms with E-state index in [1.807, 2.05) is 0 Å². The Morgan fingerprint density at radius 3 is 2.59 bits per heavy atom. The van der Waals surface area contributed by atoms with E-state index < -0.39 is 59.6 Å². The van der Waals surface area contributed by atoms with Gasteiger partial charge in [-0.3, -0.25) is 4.79 Å². The number of halogens is 5. The Balaban J connectivity index is 2.07. The normalized spacial score (nSPS) is 25.6. The second-order valence-corrected chi connectivity index (χ2v) is 7.45. The molecular formula is C20H20F5N3O4. The monoisotopic (exact) mass is 461 g/mol. The molecule has 1 aromatic heterocycles. The predicted octanol–water partition coefficient (Wildman–Crippen LogP) is 3.33. The maximum absolute atomic E-state index is 14.3. The molecule has 1 aromatic carbocycles. The minimum atomic E-state index is -4.87. The maximum Gasteiger partial charge on any atom is 0.417 e. The van der Waals surface area contributed by atoms with Gasteiger partial charge in [-0.05, 0) is 19.1 Å². The first kappa shape index (κ1) is 23.8. The average molecular weight is 461 g/mol. The van der Waals surface area contributed by atoms with Crippen LogP contribution in [0.2, 0.25) is 0 Å². The SMILES string of the molecule is COc1c([C@H]2[C@H](C(=O)Nc3ccnc(CO)n3)O[C@@](C)(C(F)(F)F)[C@H]2C)ccc(F)c1F. The van der Waals surface area contributed by atoms with Crippen molar-refractivity contribution in [2.45, 2.75) is 44.3 Å². The summed E-state index contributed by atoms with van der Waals surface area (Å²) in [7, 11) is 1.04. The molecule has 174 valence electrons. The average Bonchev–Trinajstić information content (AvgIpc) is 3.02. The number of benzene rings is 1. The van der Waals surface area contributed by atoms with Gasteiger partial charge in [0.25, 0.3) is 5.91 Å². The largest absolute Gasteiger partial charge is 0.493 e. The highest BCUT2D eigenvalue weighted by molar-refractivity contribution is 5.94. The summed E-state index contributed by atoms with van der Waals surface area (Å²) in [5, 5.41) is 11.5. The lowest BCUT2D eigenvalue weighted by molar-refractivity contribution is -0.272. The lowest BCUT2D eigenvalue weighted by Crippen LogP contribution is -2.47. The second-order valence-electron chi connectivity index (χ2n) is 7.45. The highest BCUT2D eigenvalue weighted by atomic mass is 19.4. The molecule has 2 N–H and O–H groups in total. The van der Waals surface area contributed by atoms with Gasteiger partial charge in [-0.15, -0.1) is 0 Å². The van der Waals surface area contributed by atoms with Crippen molar-refractivity contribution in [3.8, 4) is 5.75 Å². The summed E-state index contributed by atoms with van der Waals surface area (Å²) in [6.07, 6.45) is -5.38. The van der Waals surface area contributed by atoms with Crippen molar-refractivity contribution < 1.29 is 41.3 Å². The van der Waals surface area contributed by atoms with Crippen LogP contribution < -0.4 is 10.1 Å². The molecule has 0 spiro atoms. The lowest BCUT2D eigenvalue weighted by Gasteiger charge is -2.32. The summed E-state index contributed by atoms with van der Waals surface area (Å²) < 4.78 is 79.9. The fraction of sp³-hybridized carbons (Fsp3) is 0.450. The van der Waals surface area contributed by atoms with E-state index in [1.165, 1.54) is 19.2 Å². The molecule has 12 heteroatoms. The van der Waals surface area contributed by atoms with Crippen LogP contribution in [0.4, 0.5) is 27.8 Å². The molecule has 0 aliphatic carbocycles. The molecule has 1 aliphatic heterocycles. The van der Waals surface area contributed by atoms with Gasteiger partial charge in [0.15, 0.2) is 23.0 Å². The first-order chi connectivity index (χ1) is 14.9. The number of nitrogens with zero attached hydrogens (tertiary/aromatic N) is 2. The van der Waals surface area contributed by atoms with Crippen LogP contribution in [0.5, 0.6) is 5.75 Å². The molecule has 0 bridgehead atoms. The number of anilines is 1. The molecule has 1 saturated heterocycles. The van der Waals surface area contributed by atoms with Crippen LogP contribution in [0.15, 0.2) is 24.4 Å². The van der Waals surface area contributed by atoms with Crippen LogP contribution in [-0.4, -0.2) is 46.0 Å². The van der Waals surface area contributed by atoms with Gasteiger partial charge in [0.1, 0.15) is 18.5 Å². The van der Waals surface area contributed by atoms with E-state index in [1.54, 1.807) is 0 Å². The number of aliphatic hydroxyl groups excluding tert-OH is 1. The number of methoxy groups -OCH3 is 1. The van der Waals surface area contributed by atoms with E-state index in [0.717, 1.165) is 26.2 Å². The fourth-order valence-corrected chi connectivity index (χ4v) is 3.78. The van der Waals surface area contributed by atoms with Gasteiger partial charge in [0.2, 0.25) is 5.82 Å². The first-order valence-electron chi connectivity index (χ1n) is 9.44. The smallest absolute Gasteiger partial charge is 0.417 e. The van der Waals surface area contributed by atoms with E-state index in [4.69, 9.17) is 14.6 Å². The Hall–Kier alpha value is -2.86. The zero-order chi connectivity index (χ0) is 23.8. The molecule has 0 saturated carbocycles. The molecule has 7 nitrogen and oxygen atoms in total. The summed E-state index contributed by atoms with van der Waals surface area (Å²) in [4.78, 5) is 20.6. The number of alkyl halides is 3. The van der Waals surface area contributed by atoms with Crippen LogP contribution >= 0.6 is 0 Å². The topological polar surface area (TPSA) is 93.6 Å². The maximum atomic E-state index is 14.3. The number of aliphatic hydroxyl groups is 1. The summed E-state index contributed by atoms with van der Waals surface area (Å²) >= 11 is 0. The Kier molecular flexibility index (Phi) is 6.38. The van der Waals surface area contributed by atoms with Crippen molar-refractivity contribution >= 4 is 11.7 Å². The minimum Gasteiger partial charge on any atom is -0.493 e. The number of amides is 1. The zero-order valence-corrected chi connectivity index (χ0v) is 17.2. The summed E-state index contributed by atoms with van der Waals surface area (Å²) in [6, 6.07) is 3.08. The first-order valence-corrected chi connectivity index (χ1v) is 9.44. The number of nitrogens with one attached hydrogen (secondary N) is 1. The third kappa shape index (κ3) is 3.99. The molecule has 2 heterocycles. The molecule has 1 amide bonds. The Bertz CT molecular complexity index is 1020. The molecule has 2 aromatic rings. The highest BCUT2D eigenvalue weighted by Gasteiger charge is 2.65. The standard InChI is InChI=1S/C20H20F5N3O4/c1-9-14(10-4-5-11(21)15(22)16(10)31-3)17(32-19(9,2)20(23,24)25)18(30)28-12-6-7-26-13(8-29)27-12/h4-7,9,14,17,29H,8H2,1-3H3,(H,26,27,28,30)/t9-,14-,17+,19+/m0/s1. The van der Waals surface area contributed by atoms with Gasteiger partial charge in [0, 0.05) is 23.6 Å². The molecule has 0 radical (unpaired) electrons. The van der Waals surface area contributed by atoms with E-state index in [2.05, 4.69) is 15.3 Å². The van der Waals surface area contributed by atoms with Crippen molar-refractivity contribution in [3.05, 3.63) is 47.4 Å². The minimum absolute atomic E-state index is 0.0255. The van der Waals surface area contributed by atoms with Crippen LogP contribution in [0, 0.1) is 17.6 Å². The van der Waals surface area contributed by atoms with E-state index in [0.29, 0.717) is 0 Å². The Labute approximate surface area is 179 Å². The van der Waals surface area contributed by atoms with Crippen LogP contribution in [-0.2, 0) is 16.1 Å². The third-order valence-electron chi connectivity index (χ3n) is 5.67. The zero-order valence-electron chi connectivity index (χ0n) is 17.2. The molecule has 4 atom stereocenters. The van der Waals surface area contributed by atoms with Gasteiger partial charge in [0.05, 0.1) is 7.11 Å². The number of carbonyl (C=O) groups excluding carboxylic acids is 1. The second kappa shape index (κ2) is 8.58. The quantitative estimate of drug-likeness (QED) is 0.664. The van der Waals surface area contributed by atoms with Gasteiger partial charge >= 0.3 is 6.18 Å². The number of aromatic nitrogens is 2.